The largest absolute Gasteiger partial charge is 0.399 e. The first-order valence-electron chi connectivity index (χ1n) is 5.24. The van der Waals surface area contributed by atoms with Gasteiger partial charge < -0.3 is 5.73 Å². The summed E-state index contributed by atoms with van der Waals surface area (Å²) in [4.78, 5) is 0.740. The number of nitrogens with two attached hydrogens (primary N) is 1. The molecule has 0 aliphatic heterocycles. The summed E-state index contributed by atoms with van der Waals surface area (Å²) in [5, 5.41) is 0.654. The Morgan fingerprint density at radius 2 is 2.00 bits per heavy atom. The zero-order chi connectivity index (χ0) is 13.1. The van der Waals surface area contributed by atoms with Gasteiger partial charge in [-0.05, 0) is 51.8 Å². The molecule has 0 amide bonds. The fraction of sp³-hybridized carbons (Fsp3) is 0.0769. The summed E-state index contributed by atoms with van der Waals surface area (Å²) in [6, 6.07) is 12.7. The SMILES string of the molecule is Nc1ccc(S(=O)Cc2cccc(Cl)c2)c(Br)c1. The number of benzene rings is 2. The van der Waals surface area contributed by atoms with Gasteiger partial charge in [-0.15, -0.1) is 0 Å². The van der Waals surface area contributed by atoms with Gasteiger partial charge in [-0.3, -0.25) is 4.21 Å². The summed E-state index contributed by atoms with van der Waals surface area (Å²) in [5.41, 5.74) is 7.25. The Balaban J connectivity index is 2.22. The van der Waals surface area contributed by atoms with E-state index in [0.717, 1.165) is 14.9 Å². The van der Waals surface area contributed by atoms with Crippen molar-refractivity contribution in [3.05, 3.63) is 57.5 Å². The van der Waals surface area contributed by atoms with Crippen molar-refractivity contribution >= 4 is 44.0 Å². The molecule has 2 N–H and O–H groups in total. The highest BCUT2D eigenvalue weighted by molar-refractivity contribution is 9.10. The number of halogens is 2. The van der Waals surface area contributed by atoms with Gasteiger partial charge in [-0.2, -0.15) is 0 Å². The standard InChI is InChI=1S/C13H11BrClNOS/c14-12-7-11(16)4-5-13(12)18(17)8-9-2-1-3-10(15)6-9/h1-7H,8,16H2. The van der Waals surface area contributed by atoms with Crippen LogP contribution in [-0.2, 0) is 16.6 Å². The highest BCUT2D eigenvalue weighted by atomic mass is 79.9. The predicted octanol–water partition coefficient (Wildman–Crippen LogP) is 3.99. The normalized spacial score (nSPS) is 12.3. The van der Waals surface area contributed by atoms with E-state index < -0.39 is 10.8 Å². The molecular weight excluding hydrogens is 334 g/mol. The first-order valence-corrected chi connectivity index (χ1v) is 7.73. The van der Waals surface area contributed by atoms with E-state index in [1.807, 2.05) is 18.2 Å². The van der Waals surface area contributed by atoms with Crippen LogP contribution in [-0.4, -0.2) is 4.21 Å². The van der Waals surface area contributed by atoms with E-state index in [1.165, 1.54) is 0 Å². The zero-order valence-corrected chi connectivity index (χ0v) is 12.6. The van der Waals surface area contributed by atoms with E-state index in [-0.39, 0.29) is 0 Å². The highest BCUT2D eigenvalue weighted by Crippen LogP contribution is 2.25. The minimum atomic E-state index is -1.12. The molecule has 0 bridgehead atoms. The fourth-order valence-electron chi connectivity index (χ4n) is 1.56. The lowest BCUT2D eigenvalue weighted by atomic mass is 10.2. The maximum Gasteiger partial charge on any atom is 0.0585 e. The molecule has 18 heavy (non-hydrogen) atoms. The van der Waals surface area contributed by atoms with Gasteiger partial charge in [0.1, 0.15) is 0 Å². The summed E-state index contributed by atoms with van der Waals surface area (Å²) in [6.07, 6.45) is 0. The zero-order valence-electron chi connectivity index (χ0n) is 9.40. The summed E-state index contributed by atoms with van der Waals surface area (Å²) in [5.74, 6) is 0.434. The molecule has 1 atom stereocenters. The fourth-order valence-corrected chi connectivity index (χ4v) is 3.84. The topological polar surface area (TPSA) is 43.1 Å². The number of anilines is 1. The lowest BCUT2D eigenvalue weighted by Crippen LogP contribution is -1.98. The van der Waals surface area contributed by atoms with Crippen LogP contribution in [0.1, 0.15) is 5.56 Å². The number of nitrogen functional groups attached to an aromatic ring is 1. The van der Waals surface area contributed by atoms with E-state index >= 15 is 0 Å². The van der Waals surface area contributed by atoms with E-state index in [1.54, 1.807) is 24.3 Å². The van der Waals surface area contributed by atoms with Crippen LogP contribution in [0.25, 0.3) is 0 Å². The molecule has 0 heterocycles. The van der Waals surface area contributed by atoms with Crippen LogP contribution < -0.4 is 5.73 Å². The third kappa shape index (κ3) is 3.34. The number of hydrogen-bond acceptors (Lipinski definition) is 2. The van der Waals surface area contributed by atoms with E-state index in [4.69, 9.17) is 17.3 Å². The maximum absolute atomic E-state index is 12.3. The molecule has 0 saturated carbocycles. The van der Waals surface area contributed by atoms with Crippen molar-refractivity contribution in [3.8, 4) is 0 Å². The van der Waals surface area contributed by atoms with Crippen molar-refractivity contribution in [3.63, 3.8) is 0 Å². The Kier molecular flexibility index (Phi) is 4.43. The summed E-state index contributed by atoms with van der Waals surface area (Å²) >= 11 is 9.28. The van der Waals surface area contributed by atoms with Gasteiger partial charge in [-0.1, -0.05) is 23.7 Å². The Hall–Kier alpha value is -0.840. The van der Waals surface area contributed by atoms with Crippen LogP contribution in [0, 0.1) is 0 Å². The van der Waals surface area contributed by atoms with Crippen LogP contribution in [0.15, 0.2) is 51.8 Å². The Morgan fingerprint density at radius 1 is 1.22 bits per heavy atom. The Labute approximate surface area is 122 Å². The molecule has 2 nitrogen and oxygen atoms in total. The monoisotopic (exact) mass is 343 g/mol. The van der Waals surface area contributed by atoms with Gasteiger partial charge in [0.25, 0.3) is 0 Å². The second-order valence-electron chi connectivity index (χ2n) is 3.81. The second-order valence-corrected chi connectivity index (χ2v) is 6.52. The average molecular weight is 345 g/mol. The van der Waals surface area contributed by atoms with E-state index in [0.29, 0.717) is 16.5 Å². The Morgan fingerprint density at radius 3 is 2.67 bits per heavy atom. The molecule has 2 rings (SSSR count). The second kappa shape index (κ2) is 5.87. The van der Waals surface area contributed by atoms with Crippen molar-refractivity contribution in [2.24, 2.45) is 0 Å². The minimum absolute atomic E-state index is 0.434. The number of hydrogen-bond donors (Lipinski definition) is 1. The molecule has 0 aliphatic carbocycles. The molecule has 0 saturated heterocycles. The van der Waals surface area contributed by atoms with Gasteiger partial charge in [0.15, 0.2) is 0 Å². The molecule has 2 aromatic carbocycles. The van der Waals surface area contributed by atoms with Crippen LogP contribution in [0.4, 0.5) is 5.69 Å². The molecule has 5 heteroatoms. The first kappa shape index (κ1) is 13.6. The Bertz CT molecular complexity index is 603. The summed E-state index contributed by atoms with van der Waals surface area (Å²) in [6.45, 7) is 0. The maximum atomic E-state index is 12.3. The summed E-state index contributed by atoms with van der Waals surface area (Å²) < 4.78 is 13.0. The molecule has 0 fully saturated rings. The quantitative estimate of drug-likeness (QED) is 0.855. The molecular formula is C13H11BrClNOS. The van der Waals surface area contributed by atoms with Crippen molar-refractivity contribution in [1.29, 1.82) is 0 Å². The number of rotatable bonds is 3. The van der Waals surface area contributed by atoms with Gasteiger partial charge in [-0.25, -0.2) is 0 Å². The van der Waals surface area contributed by atoms with Crippen LogP contribution in [0.2, 0.25) is 5.02 Å². The van der Waals surface area contributed by atoms with E-state index in [9.17, 15) is 4.21 Å². The predicted molar refractivity (Wildman–Crippen MR) is 80.1 cm³/mol. The summed E-state index contributed by atoms with van der Waals surface area (Å²) in [7, 11) is -1.12. The lowest BCUT2D eigenvalue weighted by Gasteiger charge is -2.06. The van der Waals surface area contributed by atoms with Gasteiger partial charge in [0.2, 0.25) is 0 Å². The molecule has 2 aromatic rings. The minimum Gasteiger partial charge on any atom is -0.399 e. The van der Waals surface area contributed by atoms with Crippen LogP contribution in [0.5, 0.6) is 0 Å². The van der Waals surface area contributed by atoms with Crippen molar-refractivity contribution < 1.29 is 4.21 Å². The molecule has 1 unspecified atom stereocenters. The molecule has 94 valence electrons. The molecule has 0 radical (unpaired) electrons. The van der Waals surface area contributed by atoms with Crippen molar-refractivity contribution in [2.45, 2.75) is 10.6 Å². The van der Waals surface area contributed by atoms with Crippen molar-refractivity contribution in [1.82, 2.24) is 0 Å². The van der Waals surface area contributed by atoms with Gasteiger partial charge >= 0.3 is 0 Å². The lowest BCUT2D eigenvalue weighted by molar-refractivity contribution is 0.682. The third-order valence-corrected chi connectivity index (χ3v) is 4.98. The average Bonchev–Trinajstić information content (AvgIpc) is 2.28. The third-order valence-electron chi connectivity index (χ3n) is 2.39. The van der Waals surface area contributed by atoms with Gasteiger partial charge in [0.05, 0.1) is 21.4 Å². The van der Waals surface area contributed by atoms with Crippen LogP contribution >= 0.6 is 27.5 Å². The molecule has 0 aliphatic rings. The highest BCUT2D eigenvalue weighted by Gasteiger charge is 2.09. The van der Waals surface area contributed by atoms with E-state index in [2.05, 4.69) is 15.9 Å². The smallest absolute Gasteiger partial charge is 0.0585 e. The van der Waals surface area contributed by atoms with Crippen molar-refractivity contribution in [2.75, 3.05) is 5.73 Å². The van der Waals surface area contributed by atoms with Crippen LogP contribution in [0.3, 0.4) is 0 Å². The molecule has 0 aromatic heterocycles. The van der Waals surface area contributed by atoms with Gasteiger partial charge in [0, 0.05) is 15.2 Å². The first-order chi connectivity index (χ1) is 8.56. The molecule has 0 spiro atoms.